The lowest BCUT2D eigenvalue weighted by Gasteiger charge is -2.30. The van der Waals surface area contributed by atoms with Crippen molar-refractivity contribution in [2.45, 2.75) is 26.4 Å². The van der Waals surface area contributed by atoms with Gasteiger partial charge in [-0.3, -0.25) is 4.79 Å². The number of carbonyl (C=O) groups excluding carboxylic acids is 1. The summed E-state index contributed by atoms with van der Waals surface area (Å²) in [6.45, 7) is 8.67. The minimum absolute atomic E-state index is 0.0503. The van der Waals surface area contributed by atoms with Gasteiger partial charge in [-0.25, -0.2) is 4.98 Å². The standard InChI is InChI=1S/C22H27N7O/c1-15-5-3-4-6-18(15)21-19-12-27(7-8-28-13-24-25-14-28)10-17(19)11-29(21)22(30)20-9-23-16(2)26-20/h3-6,9,13-14,17,19,21H,7-8,10-12H2,1-2H3,(H,23,26)/t17-,19-,21+/m0/s1. The number of nitrogens with one attached hydrogen (secondary N) is 1. The van der Waals surface area contributed by atoms with E-state index >= 15 is 0 Å². The highest BCUT2D eigenvalue weighted by Gasteiger charge is 2.49. The highest BCUT2D eigenvalue weighted by molar-refractivity contribution is 5.92. The molecule has 1 aromatic carbocycles. The second-order valence-corrected chi connectivity index (χ2v) is 8.52. The summed E-state index contributed by atoms with van der Waals surface area (Å²) >= 11 is 0. The first-order valence-electron chi connectivity index (χ1n) is 10.5. The highest BCUT2D eigenvalue weighted by atomic mass is 16.2. The van der Waals surface area contributed by atoms with Gasteiger partial charge in [-0.2, -0.15) is 0 Å². The second-order valence-electron chi connectivity index (χ2n) is 8.52. The van der Waals surface area contributed by atoms with Gasteiger partial charge in [0.05, 0.1) is 12.2 Å². The maximum Gasteiger partial charge on any atom is 0.272 e. The average Bonchev–Trinajstić information content (AvgIpc) is 3.51. The second kappa shape index (κ2) is 7.68. The Morgan fingerprint density at radius 2 is 1.90 bits per heavy atom. The number of H-pyrrole nitrogens is 1. The molecule has 0 radical (unpaired) electrons. The number of fused-ring (bicyclic) bond motifs is 1. The molecular formula is C22H27N7O. The van der Waals surface area contributed by atoms with Gasteiger partial charge in [0.15, 0.2) is 0 Å². The number of likely N-dealkylation sites (tertiary alicyclic amines) is 2. The molecule has 2 aromatic heterocycles. The zero-order valence-corrected chi connectivity index (χ0v) is 17.4. The lowest BCUT2D eigenvalue weighted by Crippen LogP contribution is -2.36. The van der Waals surface area contributed by atoms with E-state index in [-0.39, 0.29) is 11.9 Å². The number of hydrogen-bond acceptors (Lipinski definition) is 5. The molecular weight excluding hydrogens is 378 g/mol. The Hall–Kier alpha value is -3.00. The van der Waals surface area contributed by atoms with Crippen LogP contribution in [-0.2, 0) is 6.54 Å². The van der Waals surface area contributed by atoms with E-state index in [2.05, 4.69) is 61.2 Å². The number of benzene rings is 1. The first-order chi connectivity index (χ1) is 14.6. The number of aryl methyl sites for hydroxylation is 2. The maximum atomic E-state index is 13.4. The zero-order chi connectivity index (χ0) is 20.7. The van der Waals surface area contributed by atoms with Crippen LogP contribution in [0.2, 0.25) is 0 Å². The number of imidazole rings is 1. The van der Waals surface area contributed by atoms with Crippen molar-refractivity contribution < 1.29 is 4.79 Å². The first-order valence-corrected chi connectivity index (χ1v) is 10.5. The van der Waals surface area contributed by atoms with Crippen LogP contribution in [0.4, 0.5) is 0 Å². The van der Waals surface area contributed by atoms with Crippen LogP contribution in [0.25, 0.3) is 0 Å². The third kappa shape index (κ3) is 3.41. The van der Waals surface area contributed by atoms with Crippen LogP contribution in [0.1, 0.15) is 33.5 Å². The average molecular weight is 406 g/mol. The lowest BCUT2D eigenvalue weighted by molar-refractivity contribution is 0.0694. The zero-order valence-electron chi connectivity index (χ0n) is 17.4. The largest absolute Gasteiger partial charge is 0.338 e. The van der Waals surface area contributed by atoms with Gasteiger partial charge in [0.25, 0.3) is 5.91 Å². The molecule has 4 heterocycles. The number of rotatable bonds is 5. The van der Waals surface area contributed by atoms with Crippen LogP contribution in [-0.4, -0.2) is 66.6 Å². The fraction of sp³-hybridized carbons (Fsp3) is 0.455. The molecule has 0 aliphatic carbocycles. The van der Waals surface area contributed by atoms with Gasteiger partial charge in [0.1, 0.15) is 24.2 Å². The number of hydrogen-bond donors (Lipinski definition) is 1. The minimum atomic E-state index is 0.0503. The van der Waals surface area contributed by atoms with E-state index in [0.29, 0.717) is 17.5 Å². The molecule has 3 atom stereocenters. The Labute approximate surface area is 175 Å². The molecule has 8 heteroatoms. The van der Waals surface area contributed by atoms with Crippen molar-refractivity contribution >= 4 is 5.91 Å². The molecule has 1 amide bonds. The summed E-state index contributed by atoms with van der Waals surface area (Å²) in [5.74, 6) is 1.73. The smallest absolute Gasteiger partial charge is 0.272 e. The SMILES string of the molecule is Cc1ncc(C(=O)N2C[C@@H]3CN(CCn4cnnc4)C[C@@H]3[C@H]2c2ccccc2C)[nH]1. The number of amides is 1. The molecule has 156 valence electrons. The van der Waals surface area contributed by atoms with Crippen LogP contribution in [0.15, 0.2) is 43.1 Å². The first kappa shape index (κ1) is 19.0. The Morgan fingerprint density at radius 1 is 1.10 bits per heavy atom. The van der Waals surface area contributed by atoms with Gasteiger partial charge < -0.3 is 19.4 Å². The monoisotopic (exact) mass is 405 g/mol. The van der Waals surface area contributed by atoms with Gasteiger partial charge in [-0.1, -0.05) is 24.3 Å². The van der Waals surface area contributed by atoms with E-state index in [4.69, 9.17) is 0 Å². The van der Waals surface area contributed by atoms with E-state index in [1.54, 1.807) is 18.9 Å². The molecule has 8 nitrogen and oxygen atoms in total. The predicted octanol–water partition coefficient (Wildman–Crippen LogP) is 2.06. The summed E-state index contributed by atoms with van der Waals surface area (Å²) in [7, 11) is 0. The molecule has 2 aliphatic heterocycles. The van der Waals surface area contributed by atoms with Crippen molar-refractivity contribution in [3.05, 3.63) is 65.8 Å². The molecule has 2 fully saturated rings. The maximum absolute atomic E-state index is 13.4. The quantitative estimate of drug-likeness (QED) is 0.703. The molecule has 0 spiro atoms. The number of carbonyl (C=O) groups is 1. The van der Waals surface area contributed by atoms with Crippen LogP contribution in [0.3, 0.4) is 0 Å². The van der Waals surface area contributed by atoms with Crippen LogP contribution in [0.5, 0.6) is 0 Å². The highest BCUT2D eigenvalue weighted by Crippen LogP contribution is 2.46. The Kier molecular flexibility index (Phi) is 4.86. The van der Waals surface area contributed by atoms with Crippen molar-refractivity contribution in [2.75, 3.05) is 26.2 Å². The van der Waals surface area contributed by atoms with Crippen LogP contribution >= 0.6 is 0 Å². The molecule has 2 aliphatic rings. The summed E-state index contributed by atoms with van der Waals surface area (Å²) in [6, 6.07) is 8.56. The topological polar surface area (TPSA) is 82.9 Å². The summed E-state index contributed by atoms with van der Waals surface area (Å²) in [5.41, 5.74) is 3.08. The van der Waals surface area contributed by atoms with Crippen LogP contribution in [0, 0.1) is 25.7 Å². The number of nitrogens with zero attached hydrogens (tertiary/aromatic N) is 6. The van der Waals surface area contributed by atoms with Gasteiger partial charge >= 0.3 is 0 Å². The lowest BCUT2D eigenvalue weighted by atomic mass is 9.87. The van der Waals surface area contributed by atoms with Crippen molar-refractivity contribution in [3.63, 3.8) is 0 Å². The molecule has 1 N–H and O–H groups in total. The van der Waals surface area contributed by atoms with Crippen molar-refractivity contribution in [3.8, 4) is 0 Å². The summed E-state index contributed by atoms with van der Waals surface area (Å²) in [5, 5.41) is 7.78. The fourth-order valence-corrected chi connectivity index (χ4v) is 5.12. The molecule has 2 saturated heterocycles. The third-order valence-electron chi connectivity index (χ3n) is 6.58. The van der Waals surface area contributed by atoms with E-state index < -0.39 is 0 Å². The molecule has 0 unspecified atom stereocenters. The third-order valence-corrected chi connectivity index (χ3v) is 6.58. The summed E-state index contributed by atoms with van der Waals surface area (Å²) in [4.78, 5) is 25.3. The van der Waals surface area contributed by atoms with Gasteiger partial charge in [-0.05, 0) is 30.9 Å². The van der Waals surface area contributed by atoms with Crippen molar-refractivity contribution in [2.24, 2.45) is 11.8 Å². The Bertz CT molecular complexity index is 1030. The molecule has 5 rings (SSSR count). The van der Waals surface area contributed by atoms with Crippen molar-refractivity contribution in [1.29, 1.82) is 0 Å². The van der Waals surface area contributed by atoms with E-state index in [1.807, 2.05) is 11.5 Å². The van der Waals surface area contributed by atoms with Crippen molar-refractivity contribution in [1.82, 2.24) is 34.5 Å². The molecule has 30 heavy (non-hydrogen) atoms. The predicted molar refractivity (Wildman–Crippen MR) is 112 cm³/mol. The normalized spacial score (nSPS) is 23.8. The van der Waals surface area contributed by atoms with E-state index in [1.165, 1.54) is 11.1 Å². The Morgan fingerprint density at radius 3 is 2.63 bits per heavy atom. The molecule has 0 bridgehead atoms. The summed E-state index contributed by atoms with van der Waals surface area (Å²) < 4.78 is 2.02. The number of aromatic nitrogens is 5. The van der Waals surface area contributed by atoms with Gasteiger partial charge in [-0.15, -0.1) is 10.2 Å². The van der Waals surface area contributed by atoms with E-state index in [0.717, 1.165) is 38.5 Å². The number of aromatic amines is 1. The summed E-state index contributed by atoms with van der Waals surface area (Å²) in [6.07, 6.45) is 5.19. The molecule has 3 aromatic rings. The van der Waals surface area contributed by atoms with Gasteiger partial charge in [0, 0.05) is 38.6 Å². The van der Waals surface area contributed by atoms with Crippen LogP contribution < -0.4 is 0 Å². The Balaban J connectivity index is 1.39. The minimum Gasteiger partial charge on any atom is -0.338 e. The van der Waals surface area contributed by atoms with Gasteiger partial charge in [0.2, 0.25) is 0 Å². The van der Waals surface area contributed by atoms with E-state index in [9.17, 15) is 4.79 Å². The molecule has 0 saturated carbocycles. The fourth-order valence-electron chi connectivity index (χ4n) is 5.12.